The van der Waals surface area contributed by atoms with E-state index in [1.54, 1.807) is 4.90 Å². The van der Waals surface area contributed by atoms with Crippen LogP contribution >= 0.6 is 0 Å². The Bertz CT molecular complexity index is 569. The molecule has 0 bridgehead atoms. The quantitative estimate of drug-likeness (QED) is 0.926. The molecule has 5 nitrogen and oxygen atoms in total. The lowest BCUT2D eigenvalue weighted by Crippen LogP contribution is -2.44. The monoisotopic (exact) mass is 289 g/mol. The van der Waals surface area contributed by atoms with Crippen molar-refractivity contribution in [2.75, 3.05) is 6.54 Å². The van der Waals surface area contributed by atoms with Crippen LogP contribution in [0.1, 0.15) is 47.2 Å². The lowest BCUT2D eigenvalue weighted by Gasteiger charge is -2.35. The summed E-state index contributed by atoms with van der Waals surface area (Å²) in [5.41, 5.74) is 2.83. The Morgan fingerprint density at radius 3 is 2.86 bits per heavy atom. The number of rotatable bonds is 3. The largest absolute Gasteiger partial charge is 0.481 e. The van der Waals surface area contributed by atoms with E-state index in [9.17, 15) is 9.59 Å². The summed E-state index contributed by atoms with van der Waals surface area (Å²) in [4.78, 5) is 25.4. The highest BCUT2D eigenvalue weighted by Gasteiger charge is 2.29. The smallest absolute Gasteiger partial charge is 0.305 e. The Morgan fingerprint density at radius 2 is 2.05 bits per heavy atom. The number of amides is 1. The van der Waals surface area contributed by atoms with Gasteiger partial charge in [0.25, 0.3) is 5.91 Å². The van der Waals surface area contributed by atoms with Gasteiger partial charge in [0, 0.05) is 18.2 Å². The summed E-state index contributed by atoms with van der Waals surface area (Å²) in [7, 11) is 0. The van der Waals surface area contributed by atoms with E-state index in [1.165, 1.54) is 0 Å². The van der Waals surface area contributed by atoms with E-state index in [0.29, 0.717) is 25.3 Å². The standard InChI is InChI=1S/C16H19NO4/c18-15(19)8-14-3-1-2-6-17(14)16(20)11-4-5-12-9-21-10-13(12)7-11/h4-5,7,14H,1-3,6,8-10H2,(H,18,19). The van der Waals surface area contributed by atoms with E-state index in [2.05, 4.69) is 0 Å². The van der Waals surface area contributed by atoms with Gasteiger partial charge in [-0.2, -0.15) is 0 Å². The van der Waals surface area contributed by atoms with Gasteiger partial charge in [0.15, 0.2) is 0 Å². The van der Waals surface area contributed by atoms with Crippen molar-refractivity contribution in [1.82, 2.24) is 4.90 Å². The van der Waals surface area contributed by atoms with Crippen LogP contribution in [0.4, 0.5) is 0 Å². The predicted octanol–water partition coefficient (Wildman–Crippen LogP) is 2.19. The molecule has 21 heavy (non-hydrogen) atoms. The average Bonchev–Trinajstić information content (AvgIpc) is 2.94. The number of hydrogen-bond donors (Lipinski definition) is 1. The zero-order chi connectivity index (χ0) is 14.8. The molecule has 1 N–H and O–H groups in total. The van der Waals surface area contributed by atoms with Crippen LogP contribution in [-0.2, 0) is 22.7 Å². The summed E-state index contributed by atoms with van der Waals surface area (Å²) >= 11 is 0. The van der Waals surface area contributed by atoms with E-state index >= 15 is 0 Å². The van der Waals surface area contributed by atoms with Crippen molar-refractivity contribution in [3.8, 4) is 0 Å². The Labute approximate surface area is 123 Å². The Hall–Kier alpha value is -1.88. The molecule has 2 aliphatic heterocycles. The van der Waals surface area contributed by atoms with Gasteiger partial charge in [-0.25, -0.2) is 0 Å². The van der Waals surface area contributed by atoms with Crippen molar-refractivity contribution in [2.45, 2.75) is 44.9 Å². The number of likely N-dealkylation sites (tertiary alicyclic amines) is 1. The van der Waals surface area contributed by atoms with Crippen molar-refractivity contribution >= 4 is 11.9 Å². The average molecular weight is 289 g/mol. The van der Waals surface area contributed by atoms with Crippen LogP contribution < -0.4 is 0 Å². The summed E-state index contributed by atoms with van der Waals surface area (Å²) in [6.45, 7) is 1.80. The number of carbonyl (C=O) groups is 2. The molecule has 0 saturated carbocycles. The maximum absolute atomic E-state index is 12.7. The SMILES string of the molecule is O=C(O)CC1CCCCN1C(=O)c1ccc2c(c1)COC2. The number of hydrogen-bond acceptors (Lipinski definition) is 3. The molecule has 0 radical (unpaired) electrons. The summed E-state index contributed by atoms with van der Waals surface area (Å²) in [5.74, 6) is -0.905. The van der Waals surface area contributed by atoms with E-state index < -0.39 is 5.97 Å². The zero-order valence-electron chi connectivity index (χ0n) is 11.9. The minimum atomic E-state index is -0.845. The van der Waals surface area contributed by atoms with E-state index in [4.69, 9.17) is 9.84 Å². The highest BCUT2D eigenvalue weighted by Crippen LogP contribution is 2.25. The minimum Gasteiger partial charge on any atom is -0.481 e. The molecule has 1 aromatic rings. The number of ether oxygens (including phenoxy) is 1. The van der Waals surface area contributed by atoms with Crippen LogP contribution in [-0.4, -0.2) is 34.5 Å². The lowest BCUT2D eigenvalue weighted by atomic mass is 9.97. The Balaban J connectivity index is 1.80. The van der Waals surface area contributed by atoms with Gasteiger partial charge >= 0.3 is 5.97 Å². The molecule has 2 aliphatic rings. The van der Waals surface area contributed by atoms with Gasteiger partial charge in [-0.3, -0.25) is 9.59 Å². The van der Waals surface area contributed by atoms with Gasteiger partial charge in [-0.1, -0.05) is 6.07 Å². The topological polar surface area (TPSA) is 66.8 Å². The normalized spacial score (nSPS) is 21.1. The molecular formula is C16H19NO4. The second kappa shape index (κ2) is 5.85. The number of benzene rings is 1. The van der Waals surface area contributed by atoms with Crippen LogP contribution in [0.15, 0.2) is 18.2 Å². The van der Waals surface area contributed by atoms with E-state index in [0.717, 1.165) is 30.4 Å². The van der Waals surface area contributed by atoms with Crippen LogP contribution in [0.5, 0.6) is 0 Å². The molecule has 112 valence electrons. The first-order chi connectivity index (χ1) is 10.1. The third kappa shape index (κ3) is 2.93. The Kier molecular flexibility index (Phi) is 3.92. The number of piperidine rings is 1. The number of nitrogens with zero attached hydrogens (tertiary/aromatic N) is 1. The predicted molar refractivity (Wildman–Crippen MR) is 75.9 cm³/mol. The summed E-state index contributed by atoms with van der Waals surface area (Å²) in [6, 6.07) is 5.46. The lowest BCUT2D eigenvalue weighted by molar-refractivity contribution is -0.138. The van der Waals surface area contributed by atoms with E-state index in [1.807, 2.05) is 18.2 Å². The van der Waals surface area contributed by atoms with Crippen molar-refractivity contribution in [1.29, 1.82) is 0 Å². The second-order valence-corrected chi connectivity index (χ2v) is 5.72. The van der Waals surface area contributed by atoms with Gasteiger partial charge in [0.05, 0.1) is 19.6 Å². The fourth-order valence-corrected chi connectivity index (χ4v) is 3.15. The zero-order valence-corrected chi connectivity index (χ0v) is 11.9. The molecule has 0 aliphatic carbocycles. The maximum Gasteiger partial charge on any atom is 0.305 e. The molecular weight excluding hydrogens is 270 g/mol. The fraction of sp³-hybridized carbons (Fsp3) is 0.500. The van der Waals surface area contributed by atoms with Gasteiger partial charge in [0.2, 0.25) is 0 Å². The van der Waals surface area contributed by atoms with Crippen LogP contribution in [0, 0.1) is 0 Å². The molecule has 1 amide bonds. The molecule has 1 atom stereocenters. The summed E-state index contributed by atoms with van der Waals surface area (Å²) in [5, 5.41) is 9.01. The number of carbonyl (C=O) groups excluding carboxylic acids is 1. The number of fused-ring (bicyclic) bond motifs is 1. The van der Waals surface area contributed by atoms with Crippen LogP contribution in [0.3, 0.4) is 0 Å². The summed E-state index contributed by atoms with van der Waals surface area (Å²) < 4.78 is 5.37. The molecule has 1 fully saturated rings. The number of carboxylic acids is 1. The van der Waals surface area contributed by atoms with Crippen molar-refractivity contribution in [2.24, 2.45) is 0 Å². The van der Waals surface area contributed by atoms with Gasteiger partial charge in [0.1, 0.15) is 0 Å². The molecule has 5 heteroatoms. The van der Waals surface area contributed by atoms with Crippen molar-refractivity contribution < 1.29 is 19.4 Å². The molecule has 3 rings (SSSR count). The third-order valence-corrected chi connectivity index (χ3v) is 4.27. The van der Waals surface area contributed by atoms with Gasteiger partial charge in [-0.15, -0.1) is 0 Å². The first-order valence-corrected chi connectivity index (χ1v) is 7.37. The number of carboxylic acid groups (broad SMARTS) is 1. The first kappa shape index (κ1) is 14.1. The Morgan fingerprint density at radius 1 is 1.24 bits per heavy atom. The van der Waals surface area contributed by atoms with E-state index in [-0.39, 0.29) is 18.4 Å². The fourth-order valence-electron chi connectivity index (χ4n) is 3.15. The maximum atomic E-state index is 12.7. The first-order valence-electron chi connectivity index (χ1n) is 7.37. The molecule has 2 heterocycles. The molecule has 1 saturated heterocycles. The summed E-state index contributed by atoms with van der Waals surface area (Å²) in [6.07, 6.45) is 2.72. The molecule has 1 unspecified atom stereocenters. The van der Waals surface area contributed by atoms with Gasteiger partial charge in [-0.05, 0) is 42.5 Å². The van der Waals surface area contributed by atoms with Crippen molar-refractivity contribution in [3.05, 3.63) is 34.9 Å². The number of aliphatic carboxylic acids is 1. The minimum absolute atomic E-state index is 0.0276. The highest BCUT2D eigenvalue weighted by molar-refractivity contribution is 5.95. The van der Waals surface area contributed by atoms with Crippen LogP contribution in [0.2, 0.25) is 0 Å². The molecule has 0 spiro atoms. The van der Waals surface area contributed by atoms with Crippen LogP contribution in [0.25, 0.3) is 0 Å². The third-order valence-electron chi connectivity index (χ3n) is 4.27. The highest BCUT2D eigenvalue weighted by atomic mass is 16.5. The van der Waals surface area contributed by atoms with Crippen molar-refractivity contribution in [3.63, 3.8) is 0 Å². The second-order valence-electron chi connectivity index (χ2n) is 5.72. The molecule has 1 aromatic carbocycles. The molecule has 0 aromatic heterocycles. The van der Waals surface area contributed by atoms with Gasteiger partial charge < -0.3 is 14.7 Å².